The van der Waals surface area contributed by atoms with Crippen LogP contribution in [-0.2, 0) is 0 Å². The molecule has 0 amide bonds. The first-order valence-corrected chi connectivity index (χ1v) is 8.14. The second-order valence-corrected chi connectivity index (χ2v) is 5.99. The summed E-state index contributed by atoms with van der Waals surface area (Å²) in [7, 11) is 1.68. The van der Waals surface area contributed by atoms with Gasteiger partial charge in [0, 0.05) is 41.3 Å². The minimum Gasteiger partial charge on any atom is -0.493 e. The van der Waals surface area contributed by atoms with Crippen molar-refractivity contribution in [2.75, 3.05) is 33.4 Å². The molecule has 1 aliphatic rings. The highest BCUT2D eigenvalue weighted by Gasteiger charge is 2.14. The van der Waals surface area contributed by atoms with E-state index < -0.39 is 0 Å². The van der Waals surface area contributed by atoms with Gasteiger partial charge in [-0.05, 0) is 38.1 Å². The summed E-state index contributed by atoms with van der Waals surface area (Å²) in [5.41, 5.74) is 2.12. The van der Waals surface area contributed by atoms with Gasteiger partial charge in [0.1, 0.15) is 6.61 Å². The molecule has 1 aromatic carbocycles. The smallest absolute Gasteiger partial charge is 0.163 e. The van der Waals surface area contributed by atoms with Gasteiger partial charge in [0.15, 0.2) is 11.5 Å². The molecule has 0 bridgehead atoms. The van der Waals surface area contributed by atoms with Crippen molar-refractivity contribution in [1.29, 1.82) is 0 Å². The first-order chi connectivity index (χ1) is 11.3. The van der Waals surface area contributed by atoms with Crippen LogP contribution < -0.4 is 9.47 Å². The standard InChI is InChI=1S/C18H21N3O2.ClH/c1-22-17-10-13-14-12-19-5-4-15(14)20-16(13)11-18(17)23-9-8-21-6-2-3-7-21;/h4-5,10-12,20H,2-3,6-9H2,1H3;1H. The van der Waals surface area contributed by atoms with Gasteiger partial charge < -0.3 is 14.5 Å². The lowest BCUT2D eigenvalue weighted by molar-refractivity contribution is 0.230. The summed E-state index contributed by atoms with van der Waals surface area (Å²) in [6.45, 7) is 4.03. The Morgan fingerprint density at radius 1 is 1.12 bits per heavy atom. The predicted octanol–water partition coefficient (Wildman–Crippen LogP) is 3.62. The largest absolute Gasteiger partial charge is 0.493 e. The third-order valence-corrected chi connectivity index (χ3v) is 4.55. The molecule has 4 rings (SSSR count). The maximum atomic E-state index is 5.99. The van der Waals surface area contributed by atoms with E-state index in [2.05, 4.69) is 14.9 Å². The van der Waals surface area contributed by atoms with Crippen molar-refractivity contribution >= 4 is 34.2 Å². The number of aromatic nitrogens is 2. The number of aromatic amines is 1. The summed E-state index contributed by atoms with van der Waals surface area (Å²) in [6, 6.07) is 6.04. The Hall–Kier alpha value is -1.98. The summed E-state index contributed by atoms with van der Waals surface area (Å²) in [5.74, 6) is 1.56. The van der Waals surface area contributed by atoms with Gasteiger partial charge in [-0.1, -0.05) is 0 Å². The van der Waals surface area contributed by atoms with Gasteiger partial charge in [-0.15, -0.1) is 12.4 Å². The average Bonchev–Trinajstić information content (AvgIpc) is 3.21. The Bertz CT molecular complexity index is 828. The number of hydrogen-bond donors (Lipinski definition) is 1. The lowest BCUT2D eigenvalue weighted by Gasteiger charge is -2.16. The fraction of sp³-hybridized carbons (Fsp3) is 0.389. The zero-order valence-corrected chi connectivity index (χ0v) is 14.6. The van der Waals surface area contributed by atoms with Crippen LogP contribution in [0.4, 0.5) is 0 Å². The van der Waals surface area contributed by atoms with Crippen molar-refractivity contribution in [2.24, 2.45) is 0 Å². The highest BCUT2D eigenvalue weighted by atomic mass is 35.5. The number of rotatable bonds is 5. The highest BCUT2D eigenvalue weighted by molar-refractivity contribution is 6.07. The van der Waals surface area contributed by atoms with Crippen LogP contribution in [0, 0.1) is 0 Å². The summed E-state index contributed by atoms with van der Waals surface area (Å²) < 4.78 is 11.5. The number of benzene rings is 1. The maximum absolute atomic E-state index is 5.99. The SMILES string of the molecule is COc1cc2c(cc1OCCN1CCCC1)[nH]c1ccncc12.Cl. The van der Waals surface area contributed by atoms with Gasteiger partial charge in [0.25, 0.3) is 0 Å². The molecule has 3 aromatic rings. The van der Waals surface area contributed by atoms with Crippen molar-refractivity contribution in [3.05, 3.63) is 30.6 Å². The van der Waals surface area contributed by atoms with E-state index in [-0.39, 0.29) is 12.4 Å². The molecule has 0 atom stereocenters. The van der Waals surface area contributed by atoms with Crippen LogP contribution in [0.3, 0.4) is 0 Å². The second-order valence-electron chi connectivity index (χ2n) is 5.99. The van der Waals surface area contributed by atoms with Crippen molar-refractivity contribution < 1.29 is 9.47 Å². The van der Waals surface area contributed by atoms with E-state index in [1.165, 1.54) is 25.9 Å². The number of methoxy groups -OCH3 is 1. The molecule has 1 fully saturated rings. The third-order valence-electron chi connectivity index (χ3n) is 4.55. The summed E-state index contributed by atoms with van der Waals surface area (Å²) in [4.78, 5) is 10.1. The summed E-state index contributed by atoms with van der Waals surface area (Å²) in [6.07, 6.45) is 6.28. The van der Waals surface area contributed by atoms with Crippen LogP contribution >= 0.6 is 12.4 Å². The van der Waals surface area contributed by atoms with E-state index >= 15 is 0 Å². The van der Waals surface area contributed by atoms with Crippen LogP contribution in [0.15, 0.2) is 30.6 Å². The molecule has 0 spiro atoms. The molecular weight excluding hydrogens is 326 g/mol. The number of likely N-dealkylation sites (tertiary alicyclic amines) is 1. The van der Waals surface area contributed by atoms with Gasteiger partial charge in [-0.2, -0.15) is 0 Å². The highest BCUT2D eigenvalue weighted by Crippen LogP contribution is 2.35. The number of pyridine rings is 1. The molecule has 2 aromatic heterocycles. The number of hydrogen-bond acceptors (Lipinski definition) is 4. The molecule has 128 valence electrons. The minimum absolute atomic E-state index is 0. The molecule has 1 saturated heterocycles. The van der Waals surface area contributed by atoms with E-state index in [0.717, 1.165) is 39.8 Å². The molecule has 5 nitrogen and oxygen atoms in total. The van der Waals surface area contributed by atoms with Gasteiger partial charge in [-0.25, -0.2) is 0 Å². The van der Waals surface area contributed by atoms with Gasteiger partial charge in [0.05, 0.1) is 12.6 Å². The average molecular weight is 348 g/mol. The van der Waals surface area contributed by atoms with E-state index in [0.29, 0.717) is 6.61 Å². The fourth-order valence-corrected chi connectivity index (χ4v) is 3.31. The van der Waals surface area contributed by atoms with E-state index in [1.54, 1.807) is 13.3 Å². The van der Waals surface area contributed by atoms with Gasteiger partial charge in [-0.3, -0.25) is 9.88 Å². The lowest BCUT2D eigenvalue weighted by atomic mass is 10.2. The number of H-pyrrole nitrogens is 1. The maximum Gasteiger partial charge on any atom is 0.163 e. The molecule has 1 aliphatic heterocycles. The molecule has 1 N–H and O–H groups in total. The number of nitrogens with one attached hydrogen (secondary N) is 1. The Morgan fingerprint density at radius 2 is 1.96 bits per heavy atom. The minimum atomic E-state index is 0. The quantitative estimate of drug-likeness (QED) is 0.765. The number of fused-ring (bicyclic) bond motifs is 3. The molecule has 24 heavy (non-hydrogen) atoms. The molecule has 0 unspecified atom stereocenters. The van der Waals surface area contributed by atoms with Crippen LogP contribution in [-0.4, -0.2) is 48.2 Å². The normalized spacial score (nSPS) is 14.9. The van der Waals surface area contributed by atoms with Crippen molar-refractivity contribution in [2.45, 2.75) is 12.8 Å². The van der Waals surface area contributed by atoms with Crippen LogP contribution in [0.2, 0.25) is 0 Å². The molecule has 6 heteroatoms. The lowest BCUT2D eigenvalue weighted by Crippen LogP contribution is -2.25. The van der Waals surface area contributed by atoms with Crippen molar-refractivity contribution in [3.8, 4) is 11.5 Å². The zero-order valence-electron chi connectivity index (χ0n) is 13.7. The Balaban J connectivity index is 0.00000169. The summed E-state index contributed by atoms with van der Waals surface area (Å²) in [5, 5.41) is 2.21. The number of ether oxygens (including phenoxy) is 2. The topological polar surface area (TPSA) is 50.4 Å². The molecule has 0 radical (unpaired) electrons. The van der Waals surface area contributed by atoms with Crippen molar-refractivity contribution in [1.82, 2.24) is 14.9 Å². The van der Waals surface area contributed by atoms with Crippen molar-refractivity contribution in [3.63, 3.8) is 0 Å². The van der Waals surface area contributed by atoms with Crippen LogP contribution in [0.1, 0.15) is 12.8 Å². The Morgan fingerprint density at radius 3 is 2.75 bits per heavy atom. The Labute approximate surface area is 147 Å². The first-order valence-electron chi connectivity index (χ1n) is 8.14. The molecule has 3 heterocycles. The molecule has 0 aliphatic carbocycles. The van der Waals surface area contributed by atoms with E-state index in [4.69, 9.17) is 9.47 Å². The zero-order chi connectivity index (χ0) is 15.6. The van der Waals surface area contributed by atoms with Gasteiger partial charge >= 0.3 is 0 Å². The third kappa shape index (κ3) is 3.14. The van der Waals surface area contributed by atoms with Crippen LogP contribution in [0.25, 0.3) is 21.8 Å². The summed E-state index contributed by atoms with van der Waals surface area (Å²) >= 11 is 0. The van der Waals surface area contributed by atoms with E-state index in [1.807, 2.05) is 24.4 Å². The number of halogens is 1. The monoisotopic (exact) mass is 347 g/mol. The fourth-order valence-electron chi connectivity index (χ4n) is 3.31. The Kier molecular flexibility index (Phi) is 5.11. The second kappa shape index (κ2) is 7.28. The molecular formula is C18H22ClN3O2. The van der Waals surface area contributed by atoms with Crippen LogP contribution in [0.5, 0.6) is 11.5 Å². The predicted molar refractivity (Wildman–Crippen MR) is 98.6 cm³/mol. The first kappa shape index (κ1) is 16.9. The molecule has 0 saturated carbocycles. The number of nitrogens with zero attached hydrogens (tertiary/aromatic N) is 2. The van der Waals surface area contributed by atoms with Gasteiger partial charge in [0.2, 0.25) is 0 Å². The van der Waals surface area contributed by atoms with E-state index in [9.17, 15) is 0 Å².